The van der Waals surface area contributed by atoms with Gasteiger partial charge in [0.2, 0.25) is 0 Å². The van der Waals surface area contributed by atoms with Crippen LogP contribution in [0.25, 0.3) is 0 Å². The Morgan fingerprint density at radius 3 is 2.17 bits per heavy atom. The molecule has 1 heterocycles. The summed E-state index contributed by atoms with van der Waals surface area (Å²) in [5.41, 5.74) is 0. The molecule has 1 aromatic carbocycles. The van der Waals surface area contributed by atoms with Crippen LogP contribution in [0.15, 0.2) is 35.2 Å². The molecule has 0 N–H and O–H groups in total. The van der Waals surface area contributed by atoms with Crippen LogP contribution in [0.2, 0.25) is 13.3 Å². The van der Waals surface area contributed by atoms with Crippen LogP contribution in [-0.4, -0.2) is 40.4 Å². The topological polar surface area (TPSA) is 3.24 Å². The maximum absolute atomic E-state index is 3.42. The monoisotopic (exact) mass is 535 g/mol. The molecular weight excluding hydrogens is 489 g/mol. The number of thioether (sulfide) groups is 1. The third-order valence-electron chi connectivity index (χ3n) is 6.89. The van der Waals surface area contributed by atoms with E-state index in [0.29, 0.717) is 0 Å². The zero-order valence-corrected chi connectivity index (χ0v) is 23.6. The standard InChI is InChI=1S/C15H18NS.3C4H9.Sn/c1-3-9-15(10-4-1)17-14-8-2-5-11-16-12-6-7-13-16;3*1-3-4-2;/h1,3-4,9-10,12H,2,5-7,11,13H2;3*1,3-4H2,2H3;. The number of nitrogens with zero attached hydrogens (tertiary/aromatic N) is 1. The van der Waals surface area contributed by atoms with Crippen molar-refractivity contribution in [3.63, 3.8) is 0 Å². The second-order valence-electron chi connectivity index (χ2n) is 9.16. The Hall–Kier alpha value is -0.111. The summed E-state index contributed by atoms with van der Waals surface area (Å²) in [6, 6.07) is 10.5. The molecule has 2 rings (SSSR count). The summed E-state index contributed by atoms with van der Waals surface area (Å²) < 4.78 is 5.98. The van der Waals surface area contributed by atoms with Gasteiger partial charge in [-0.3, -0.25) is 0 Å². The van der Waals surface area contributed by atoms with Crippen molar-refractivity contribution < 1.29 is 0 Å². The number of hydrogen-bond donors (Lipinski definition) is 0. The molecule has 0 amide bonds. The first-order valence-corrected chi connectivity index (χ1v) is 21.2. The molecular formula is C27H45NSSn. The predicted molar refractivity (Wildman–Crippen MR) is 139 cm³/mol. The Balaban J connectivity index is 1.92. The van der Waals surface area contributed by atoms with E-state index in [1.165, 1.54) is 75.8 Å². The molecule has 0 aromatic heterocycles. The van der Waals surface area contributed by atoms with Crippen LogP contribution >= 0.6 is 11.8 Å². The molecule has 1 aliphatic rings. The van der Waals surface area contributed by atoms with Crippen molar-refractivity contribution in [3.05, 3.63) is 30.3 Å². The van der Waals surface area contributed by atoms with Crippen LogP contribution in [-0.2, 0) is 0 Å². The third kappa shape index (κ3) is 8.79. The summed E-state index contributed by atoms with van der Waals surface area (Å²) in [4.78, 5) is 4.22. The summed E-state index contributed by atoms with van der Waals surface area (Å²) in [6.07, 6.45) is 13.9. The van der Waals surface area contributed by atoms with E-state index in [0.717, 1.165) is 10.5 Å². The summed E-state index contributed by atoms with van der Waals surface area (Å²) in [6.45, 7) is 9.84. The van der Waals surface area contributed by atoms with Gasteiger partial charge in [0.05, 0.1) is 0 Å². The number of rotatable bonds is 14. The summed E-state index contributed by atoms with van der Waals surface area (Å²) in [7, 11) is 0. The Morgan fingerprint density at radius 2 is 1.57 bits per heavy atom. The molecule has 30 heavy (non-hydrogen) atoms. The van der Waals surface area contributed by atoms with Gasteiger partial charge in [-0.2, -0.15) is 0 Å². The predicted octanol–water partition coefficient (Wildman–Crippen LogP) is 8.37. The van der Waals surface area contributed by atoms with E-state index < -0.39 is 18.4 Å². The number of benzene rings is 1. The quantitative estimate of drug-likeness (QED) is 0.102. The van der Waals surface area contributed by atoms with E-state index in [1.807, 2.05) is 0 Å². The van der Waals surface area contributed by atoms with Crippen molar-refractivity contribution in [2.75, 3.05) is 13.1 Å². The van der Waals surface area contributed by atoms with E-state index in [1.54, 1.807) is 25.1 Å². The Bertz CT molecular complexity index is 599. The SMILES string of the molecule is CCC[CH2][Sn]([CH2]CCC)([CH2]CCC)[C@H]1CCCN1CCCC#CSc1ccccc1. The van der Waals surface area contributed by atoms with Gasteiger partial charge in [0, 0.05) is 0 Å². The average molecular weight is 534 g/mol. The van der Waals surface area contributed by atoms with Crippen molar-refractivity contribution in [1.29, 1.82) is 0 Å². The molecule has 1 fully saturated rings. The molecule has 1 nitrogen and oxygen atoms in total. The Labute approximate surface area is 196 Å². The number of unbranched alkanes of at least 4 members (excludes halogenated alkanes) is 4. The van der Waals surface area contributed by atoms with Crippen molar-refractivity contribution in [2.45, 2.75) is 107 Å². The molecule has 0 radical (unpaired) electrons. The second-order valence-corrected chi connectivity index (χ2v) is 24.0. The van der Waals surface area contributed by atoms with Gasteiger partial charge in [0.1, 0.15) is 0 Å². The van der Waals surface area contributed by atoms with Gasteiger partial charge < -0.3 is 0 Å². The van der Waals surface area contributed by atoms with Crippen molar-refractivity contribution in [3.8, 4) is 11.2 Å². The van der Waals surface area contributed by atoms with Gasteiger partial charge in [0.25, 0.3) is 0 Å². The zero-order valence-electron chi connectivity index (χ0n) is 19.9. The summed E-state index contributed by atoms with van der Waals surface area (Å²) in [5.74, 6) is 3.42. The summed E-state index contributed by atoms with van der Waals surface area (Å²) >= 11 is -0.465. The average Bonchev–Trinajstić information content (AvgIpc) is 3.26. The van der Waals surface area contributed by atoms with Gasteiger partial charge in [-0.1, -0.05) is 0 Å². The van der Waals surface area contributed by atoms with Gasteiger partial charge in [-0.25, -0.2) is 0 Å². The van der Waals surface area contributed by atoms with Crippen LogP contribution in [0, 0.1) is 11.2 Å². The normalized spacial score (nSPS) is 17.1. The first kappa shape index (κ1) is 26.1. The van der Waals surface area contributed by atoms with Crippen LogP contribution in [0.1, 0.15) is 85.0 Å². The van der Waals surface area contributed by atoms with Crippen LogP contribution in [0.4, 0.5) is 0 Å². The van der Waals surface area contributed by atoms with Crippen molar-refractivity contribution in [1.82, 2.24) is 4.90 Å². The van der Waals surface area contributed by atoms with E-state index in [2.05, 4.69) is 67.2 Å². The number of likely N-dealkylation sites (tertiary alicyclic amines) is 1. The fraction of sp³-hybridized carbons (Fsp3) is 0.704. The molecule has 3 heteroatoms. The fourth-order valence-corrected chi connectivity index (χ4v) is 25.2. The molecule has 1 aliphatic heterocycles. The van der Waals surface area contributed by atoms with Gasteiger partial charge in [-0.15, -0.1) is 0 Å². The van der Waals surface area contributed by atoms with Crippen LogP contribution < -0.4 is 0 Å². The molecule has 0 bridgehead atoms. The fourth-order valence-electron chi connectivity index (χ4n) is 5.25. The molecule has 1 atom stereocenters. The molecule has 0 spiro atoms. The van der Waals surface area contributed by atoms with Crippen LogP contribution in [0.5, 0.6) is 0 Å². The van der Waals surface area contributed by atoms with Crippen LogP contribution in [0.3, 0.4) is 0 Å². The van der Waals surface area contributed by atoms with Crippen molar-refractivity contribution in [2.24, 2.45) is 0 Å². The molecule has 1 saturated heterocycles. The Morgan fingerprint density at radius 1 is 0.933 bits per heavy atom. The van der Waals surface area contributed by atoms with Crippen molar-refractivity contribution >= 4 is 30.1 Å². The molecule has 0 saturated carbocycles. The molecule has 168 valence electrons. The summed E-state index contributed by atoms with van der Waals surface area (Å²) in [5, 5.41) is 3.31. The third-order valence-corrected chi connectivity index (χ3v) is 25.1. The molecule has 1 aromatic rings. The van der Waals surface area contributed by atoms with E-state index in [9.17, 15) is 0 Å². The Kier molecular flexibility index (Phi) is 13.6. The minimum atomic E-state index is -2.14. The van der Waals surface area contributed by atoms with Gasteiger partial charge >= 0.3 is 197 Å². The van der Waals surface area contributed by atoms with E-state index >= 15 is 0 Å². The first-order valence-electron chi connectivity index (χ1n) is 12.7. The molecule has 0 unspecified atom stereocenters. The molecule has 0 aliphatic carbocycles. The van der Waals surface area contributed by atoms with Gasteiger partial charge in [0.15, 0.2) is 0 Å². The van der Waals surface area contributed by atoms with E-state index in [-0.39, 0.29) is 0 Å². The second kappa shape index (κ2) is 15.7. The number of hydrogen-bond acceptors (Lipinski definition) is 2. The minimum absolute atomic E-state index is 1.02. The zero-order chi connectivity index (χ0) is 21.5. The first-order chi connectivity index (χ1) is 14.8. The maximum atomic E-state index is 3.42. The van der Waals surface area contributed by atoms with E-state index in [4.69, 9.17) is 0 Å². The van der Waals surface area contributed by atoms with Gasteiger partial charge in [-0.05, 0) is 0 Å².